The highest BCUT2D eigenvalue weighted by Crippen LogP contribution is 2.23. The maximum Gasteiger partial charge on any atom is 0.305 e. The van der Waals surface area contributed by atoms with E-state index in [1.54, 1.807) is 24.3 Å². The van der Waals surface area contributed by atoms with Gasteiger partial charge in [0.15, 0.2) is 0 Å². The van der Waals surface area contributed by atoms with Gasteiger partial charge in [-0.15, -0.1) is 0 Å². The smallest absolute Gasteiger partial charge is 0.305 e. The molecule has 156 valence electrons. The first kappa shape index (κ1) is 22.9. The normalized spacial score (nSPS) is 11.5. The number of esters is 1. The van der Waals surface area contributed by atoms with Gasteiger partial charge in [-0.25, -0.2) is 4.39 Å². The van der Waals surface area contributed by atoms with E-state index >= 15 is 0 Å². The molecule has 29 heavy (non-hydrogen) atoms. The largest absolute Gasteiger partial charge is 0.507 e. The highest BCUT2D eigenvalue weighted by molar-refractivity contribution is 6.30. The third-order valence-electron chi connectivity index (χ3n) is 4.40. The molecule has 2 aromatic rings. The molecule has 0 heterocycles. The summed E-state index contributed by atoms with van der Waals surface area (Å²) >= 11 is 5.95. The lowest BCUT2D eigenvalue weighted by Gasteiger charge is -2.10. The first-order chi connectivity index (χ1) is 14.0. The van der Waals surface area contributed by atoms with Gasteiger partial charge in [0.25, 0.3) is 0 Å². The van der Waals surface area contributed by atoms with E-state index in [-0.39, 0.29) is 18.1 Å². The van der Waals surface area contributed by atoms with Crippen molar-refractivity contribution in [2.75, 3.05) is 13.2 Å². The number of phenolic OH excluding ortho intramolecular Hbond substituents is 1. The number of aromatic hydroxyl groups is 1. The van der Waals surface area contributed by atoms with Crippen molar-refractivity contribution in [1.29, 1.82) is 0 Å². The molecular weight excluding hydrogens is 393 g/mol. The van der Waals surface area contributed by atoms with Crippen LogP contribution < -0.4 is 0 Å². The molecule has 0 spiro atoms. The Labute approximate surface area is 176 Å². The number of benzene rings is 2. The van der Waals surface area contributed by atoms with Gasteiger partial charge in [-0.1, -0.05) is 49.9 Å². The summed E-state index contributed by atoms with van der Waals surface area (Å²) in [5.41, 5.74) is 1.45. The van der Waals surface area contributed by atoms with Crippen LogP contribution in [-0.4, -0.2) is 29.9 Å². The Balaban J connectivity index is 2.00. The minimum Gasteiger partial charge on any atom is -0.507 e. The van der Waals surface area contributed by atoms with E-state index in [2.05, 4.69) is 11.9 Å². The molecule has 2 aromatic carbocycles. The van der Waals surface area contributed by atoms with Gasteiger partial charge in [0, 0.05) is 29.1 Å². The summed E-state index contributed by atoms with van der Waals surface area (Å²) in [5, 5.41) is 10.7. The summed E-state index contributed by atoms with van der Waals surface area (Å²) < 4.78 is 19.0. The molecule has 6 heteroatoms. The first-order valence-corrected chi connectivity index (χ1v) is 10.3. The molecule has 0 saturated carbocycles. The number of carbonyl (C=O) groups excluding carboxylic acids is 1. The third-order valence-corrected chi connectivity index (χ3v) is 4.65. The van der Waals surface area contributed by atoms with Crippen molar-refractivity contribution < 1.29 is 19.0 Å². The Hall–Kier alpha value is -2.40. The van der Waals surface area contributed by atoms with Crippen molar-refractivity contribution in [3.63, 3.8) is 0 Å². The quantitative estimate of drug-likeness (QED) is 0.279. The fourth-order valence-corrected chi connectivity index (χ4v) is 2.96. The van der Waals surface area contributed by atoms with Gasteiger partial charge in [0.1, 0.15) is 11.6 Å². The lowest BCUT2D eigenvalue weighted by atomic mass is 10.0. The second-order valence-corrected chi connectivity index (χ2v) is 7.22. The molecule has 0 atom stereocenters. The lowest BCUT2D eigenvalue weighted by Crippen LogP contribution is -2.08. The molecule has 2 rings (SSSR count). The Morgan fingerprint density at radius 2 is 1.86 bits per heavy atom. The number of nitrogens with zero attached hydrogens (tertiary/aromatic N) is 1. The summed E-state index contributed by atoms with van der Waals surface area (Å²) in [6.45, 7) is 2.93. The number of hydrogen-bond donors (Lipinski definition) is 1. The minimum atomic E-state index is -0.467. The van der Waals surface area contributed by atoms with Gasteiger partial charge in [-0.2, -0.15) is 0 Å². The monoisotopic (exact) mass is 419 g/mol. The molecule has 0 aliphatic rings. The zero-order valence-corrected chi connectivity index (χ0v) is 17.4. The average Bonchev–Trinajstić information content (AvgIpc) is 2.71. The van der Waals surface area contributed by atoms with Gasteiger partial charge in [0.2, 0.25) is 0 Å². The van der Waals surface area contributed by atoms with Crippen molar-refractivity contribution in [2.45, 2.75) is 45.4 Å². The highest BCUT2D eigenvalue weighted by Gasteiger charge is 2.13. The molecule has 0 unspecified atom stereocenters. The summed E-state index contributed by atoms with van der Waals surface area (Å²) in [5.74, 6) is -0.768. The zero-order valence-electron chi connectivity index (χ0n) is 16.7. The molecule has 4 nitrogen and oxygen atoms in total. The van der Waals surface area contributed by atoms with E-state index < -0.39 is 5.82 Å². The van der Waals surface area contributed by atoms with Crippen LogP contribution in [0.5, 0.6) is 5.75 Å². The highest BCUT2D eigenvalue weighted by atomic mass is 35.5. The van der Waals surface area contributed by atoms with Gasteiger partial charge < -0.3 is 9.84 Å². The number of halogens is 2. The predicted octanol–water partition coefficient (Wildman–Crippen LogP) is 5.93. The topological polar surface area (TPSA) is 58.9 Å². The molecule has 0 amide bonds. The average molecular weight is 420 g/mol. The van der Waals surface area contributed by atoms with Crippen LogP contribution in [0, 0.1) is 5.82 Å². The van der Waals surface area contributed by atoms with Crippen molar-refractivity contribution >= 4 is 23.3 Å². The molecule has 0 saturated heterocycles. The second kappa shape index (κ2) is 12.2. The Kier molecular flexibility index (Phi) is 9.65. The van der Waals surface area contributed by atoms with E-state index in [4.69, 9.17) is 16.3 Å². The number of rotatable bonds is 11. The van der Waals surface area contributed by atoms with E-state index in [0.717, 1.165) is 25.7 Å². The summed E-state index contributed by atoms with van der Waals surface area (Å²) in [4.78, 5) is 16.3. The van der Waals surface area contributed by atoms with Crippen molar-refractivity contribution in [1.82, 2.24) is 0 Å². The Bertz CT molecular complexity index is 821. The van der Waals surface area contributed by atoms with Crippen LogP contribution >= 0.6 is 11.6 Å². The number of unbranched alkanes of at least 4 members (excludes halogenated alkanes) is 3. The number of aliphatic imine (C=N–C) groups is 1. The van der Waals surface area contributed by atoms with E-state index in [0.29, 0.717) is 41.4 Å². The summed E-state index contributed by atoms with van der Waals surface area (Å²) in [6.07, 6.45) is 5.00. The number of phenols is 1. The van der Waals surface area contributed by atoms with Crippen LogP contribution in [0.15, 0.2) is 47.5 Å². The molecule has 0 radical (unpaired) electrons. The van der Waals surface area contributed by atoms with Gasteiger partial charge >= 0.3 is 5.97 Å². The van der Waals surface area contributed by atoms with Gasteiger partial charge in [0.05, 0.1) is 12.3 Å². The summed E-state index contributed by atoms with van der Waals surface area (Å²) in [7, 11) is 0. The maximum absolute atomic E-state index is 13.7. The van der Waals surface area contributed by atoms with Crippen LogP contribution in [0.1, 0.15) is 56.6 Å². The Morgan fingerprint density at radius 1 is 1.10 bits per heavy atom. The molecule has 0 bridgehead atoms. The molecule has 0 aliphatic carbocycles. The van der Waals surface area contributed by atoms with Crippen LogP contribution in [0.4, 0.5) is 4.39 Å². The third kappa shape index (κ3) is 7.86. The van der Waals surface area contributed by atoms with Crippen LogP contribution in [-0.2, 0) is 9.53 Å². The van der Waals surface area contributed by atoms with E-state index in [1.165, 1.54) is 18.2 Å². The van der Waals surface area contributed by atoms with Crippen molar-refractivity contribution in [3.05, 3.63) is 64.4 Å². The first-order valence-electron chi connectivity index (χ1n) is 9.96. The molecule has 1 N–H and O–H groups in total. The van der Waals surface area contributed by atoms with E-state index in [9.17, 15) is 14.3 Å². The lowest BCUT2D eigenvalue weighted by molar-refractivity contribution is -0.143. The van der Waals surface area contributed by atoms with Crippen molar-refractivity contribution in [2.24, 2.45) is 4.99 Å². The fourth-order valence-electron chi connectivity index (χ4n) is 2.84. The fraction of sp³-hybridized carbons (Fsp3) is 0.391. The maximum atomic E-state index is 13.7. The zero-order chi connectivity index (χ0) is 21.1. The van der Waals surface area contributed by atoms with Crippen LogP contribution in [0.25, 0.3) is 0 Å². The molecule has 0 aromatic heterocycles. The van der Waals surface area contributed by atoms with Gasteiger partial charge in [-0.3, -0.25) is 9.79 Å². The second-order valence-electron chi connectivity index (χ2n) is 6.78. The molecule has 0 aliphatic heterocycles. The van der Waals surface area contributed by atoms with Crippen LogP contribution in [0.2, 0.25) is 5.02 Å². The molecule has 0 fully saturated rings. The SMILES string of the molecule is CCCCCCOC(=O)CCCN=C(c1ccc(Cl)cc1)c1cc(F)ccc1O. The van der Waals surface area contributed by atoms with E-state index in [1.807, 2.05) is 0 Å². The Morgan fingerprint density at radius 3 is 2.59 bits per heavy atom. The van der Waals surface area contributed by atoms with Crippen LogP contribution in [0.3, 0.4) is 0 Å². The number of carbonyl (C=O) groups is 1. The van der Waals surface area contributed by atoms with Crippen molar-refractivity contribution in [3.8, 4) is 5.75 Å². The van der Waals surface area contributed by atoms with Gasteiger partial charge in [-0.05, 0) is 43.2 Å². The minimum absolute atomic E-state index is 0.0633. The molecular formula is C23H27ClFNO3. The summed E-state index contributed by atoms with van der Waals surface area (Å²) in [6, 6.07) is 10.7. The number of hydrogen-bond acceptors (Lipinski definition) is 4. The predicted molar refractivity (Wildman–Crippen MR) is 114 cm³/mol. The standard InChI is InChI=1S/C23H27ClFNO3/c1-2-3-4-5-15-29-22(28)7-6-14-26-23(17-8-10-18(24)11-9-17)20-16-19(25)12-13-21(20)27/h8-13,16,27H,2-7,14-15H2,1H3. The number of ether oxygens (including phenoxy) is 1.